The van der Waals surface area contributed by atoms with Crippen LogP contribution in [0, 0.1) is 0 Å². The number of pyridine rings is 1. The molecule has 3 aromatic heterocycles. The van der Waals surface area contributed by atoms with Crippen LogP contribution >= 0.6 is 0 Å². The second-order valence-corrected chi connectivity index (χ2v) is 12.7. The molecule has 7 aromatic carbocycles. The number of para-hydroxylation sites is 4. The molecule has 0 aliphatic rings. The molecular weight excluding hydrogens is 609 g/mol. The summed E-state index contributed by atoms with van der Waals surface area (Å²) in [6.45, 7) is 0. The van der Waals surface area contributed by atoms with Crippen molar-refractivity contribution < 1.29 is 0 Å². The fourth-order valence-corrected chi connectivity index (χ4v) is 7.55. The number of benzene rings is 7. The average molecular weight is 639 g/mol. The molecule has 10 rings (SSSR count). The van der Waals surface area contributed by atoms with Gasteiger partial charge in [0, 0.05) is 44.7 Å². The van der Waals surface area contributed by atoms with Crippen LogP contribution in [0.2, 0.25) is 0 Å². The van der Waals surface area contributed by atoms with Crippen molar-refractivity contribution >= 4 is 43.6 Å². The van der Waals surface area contributed by atoms with Gasteiger partial charge in [-0.3, -0.25) is 9.55 Å². The SMILES string of the molecule is c1ccc(-c2ccccc2-n2c(-c3cccc4c3[nH]c3ccccc34)nc3c(-c4cc(-c5ccccn5)c5ccccc5c4)cccc32)cc1. The van der Waals surface area contributed by atoms with Gasteiger partial charge in [-0.1, -0.05) is 121 Å². The third-order valence-corrected chi connectivity index (χ3v) is 9.81. The van der Waals surface area contributed by atoms with Crippen LogP contribution in [0.15, 0.2) is 176 Å². The molecule has 0 amide bonds. The zero-order chi connectivity index (χ0) is 33.0. The Kier molecular flexibility index (Phi) is 6.46. The van der Waals surface area contributed by atoms with Crippen molar-refractivity contribution in [2.45, 2.75) is 0 Å². The number of H-pyrrole nitrogens is 1. The molecule has 4 nitrogen and oxygen atoms in total. The first-order valence-electron chi connectivity index (χ1n) is 16.9. The van der Waals surface area contributed by atoms with E-state index in [4.69, 9.17) is 9.97 Å². The van der Waals surface area contributed by atoms with Crippen molar-refractivity contribution in [3.63, 3.8) is 0 Å². The number of aromatic nitrogens is 4. The van der Waals surface area contributed by atoms with Crippen LogP contribution in [0.3, 0.4) is 0 Å². The summed E-state index contributed by atoms with van der Waals surface area (Å²) in [6, 6.07) is 60.1. The maximum absolute atomic E-state index is 5.60. The molecule has 4 heteroatoms. The van der Waals surface area contributed by atoms with E-state index in [0.29, 0.717) is 0 Å². The second kappa shape index (κ2) is 11.4. The Hall–Kier alpha value is -6.78. The van der Waals surface area contributed by atoms with Crippen LogP contribution < -0.4 is 0 Å². The van der Waals surface area contributed by atoms with Crippen LogP contribution in [0.1, 0.15) is 0 Å². The van der Waals surface area contributed by atoms with Gasteiger partial charge < -0.3 is 4.98 Å². The first kappa shape index (κ1) is 28.3. The largest absolute Gasteiger partial charge is 0.354 e. The predicted molar refractivity (Wildman–Crippen MR) is 207 cm³/mol. The third-order valence-electron chi connectivity index (χ3n) is 9.81. The fraction of sp³-hybridized carbons (Fsp3) is 0. The van der Waals surface area contributed by atoms with E-state index in [1.807, 2.05) is 18.3 Å². The summed E-state index contributed by atoms with van der Waals surface area (Å²) >= 11 is 0. The lowest BCUT2D eigenvalue weighted by atomic mass is 9.94. The molecule has 0 spiro atoms. The average Bonchev–Trinajstić information content (AvgIpc) is 3.77. The molecule has 0 unspecified atom stereocenters. The number of hydrogen-bond acceptors (Lipinski definition) is 2. The number of nitrogens with one attached hydrogen (secondary N) is 1. The maximum atomic E-state index is 5.60. The van der Waals surface area contributed by atoms with Gasteiger partial charge in [0.2, 0.25) is 0 Å². The standard InChI is InChI=1S/C46H30N4/c1-2-14-30(15-3-1)34-18-7-9-25-42(34)50-43-26-13-20-35(32-28-31-16-4-5-17-33(31)39(29-32)40-23-10-11-27-47-40)45(43)49-46(50)38-22-12-21-37-36-19-6-8-24-41(36)48-44(37)38/h1-29,48H. The molecule has 0 saturated heterocycles. The Balaban J connectivity index is 1.30. The van der Waals surface area contributed by atoms with E-state index in [1.54, 1.807) is 0 Å². The molecule has 0 radical (unpaired) electrons. The van der Waals surface area contributed by atoms with Crippen molar-refractivity contribution in [3.8, 4) is 50.6 Å². The molecule has 0 saturated carbocycles. The van der Waals surface area contributed by atoms with E-state index in [1.165, 1.54) is 21.5 Å². The van der Waals surface area contributed by atoms with Gasteiger partial charge in [0.25, 0.3) is 0 Å². The fourth-order valence-electron chi connectivity index (χ4n) is 7.55. The Bertz CT molecular complexity index is 2860. The van der Waals surface area contributed by atoms with E-state index >= 15 is 0 Å². The predicted octanol–water partition coefficient (Wildman–Crippen LogP) is 11.9. The van der Waals surface area contributed by atoms with E-state index in [2.05, 4.69) is 167 Å². The smallest absolute Gasteiger partial charge is 0.147 e. The number of nitrogens with zero attached hydrogens (tertiary/aromatic N) is 3. The minimum absolute atomic E-state index is 0.888. The lowest BCUT2D eigenvalue weighted by Gasteiger charge is -2.15. The Morgan fingerprint density at radius 3 is 2.10 bits per heavy atom. The lowest BCUT2D eigenvalue weighted by molar-refractivity contribution is 1.11. The summed E-state index contributed by atoms with van der Waals surface area (Å²) in [7, 11) is 0. The molecule has 0 fully saturated rings. The second-order valence-electron chi connectivity index (χ2n) is 12.7. The normalized spacial score (nSPS) is 11.6. The molecule has 1 N–H and O–H groups in total. The van der Waals surface area contributed by atoms with Crippen LogP contribution in [-0.4, -0.2) is 19.5 Å². The highest BCUT2D eigenvalue weighted by Gasteiger charge is 2.22. The van der Waals surface area contributed by atoms with Crippen molar-refractivity contribution in [3.05, 3.63) is 176 Å². The molecule has 0 aliphatic carbocycles. The van der Waals surface area contributed by atoms with Gasteiger partial charge >= 0.3 is 0 Å². The van der Waals surface area contributed by atoms with Gasteiger partial charge in [0.15, 0.2) is 0 Å². The highest BCUT2D eigenvalue weighted by atomic mass is 15.1. The third kappa shape index (κ3) is 4.46. The minimum Gasteiger partial charge on any atom is -0.354 e. The van der Waals surface area contributed by atoms with Crippen molar-refractivity contribution in [2.24, 2.45) is 0 Å². The molecule has 50 heavy (non-hydrogen) atoms. The molecule has 0 atom stereocenters. The van der Waals surface area contributed by atoms with Crippen LogP contribution in [-0.2, 0) is 0 Å². The zero-order valence-electron chi connectivity index (χ0n) is 27.1. The Labute approximate surface area is 289 Å². The number of fused-ring (bicyclic) bond motifs is 5. The van der Waals surface area contributed by atoms with E-state index in [0.717, 1.165) is 72.7 Å². The quantitative estimate of drug-likeness (QED) is 0.204. The number of rotatable bonds is 5. The summed E-state index contributed by atoms with van der Waals surface area (Å²) in [4.78, 5) is 14.1. The van der Waals surface area contributed by atoms with Crippen LogP contribution in [0.5, 0.6) is 0 Å². The summed E-state index contributed by atoms with van der Waals surface area (Å²) < 4.78 is 2.35. The lowest BCUT2D eigenvalue weighted by Crippen LogP contribution is -2.00. The number of aromatic amines is 1. The minimum atomic E-state index is 0.888. The van der Waals surface area contributed by atoms with Crippen LogP contribution in [0.25, 0.3) is 94.2 Å². The van der Waals surface area contributed by atoms with Gasteiger partial charge in [-0.2, -0.15) is 0 Å². The Morgan fingerprint density at radius 2 is 1.20 bits per heavy atom. The van der Waals surface area contributed by atoms with Gasteiger partial charge in [-0.05, 0) is 70.4 Å². The van der Waals surface area contributed by atoms with E-state index < -0.39 is 0 Å². The number of imidazole rings is 1. The summed E-state index contributed by atoms with van der Waals surface area (Å²) in [5.41, 5.74) is 12.8. The summed E-state index contributed by atoms with van der Waals surface area (Å²) in [5.74, 6) is 0.888. The van der Waals surface area contributed by atoms with Gasteiger partial charge in [0.05, 0.1) is 27.9 Å². The topological polar surface area (TPSA) is 46.5 Å². The molecule has 3 heterocycles. The van der Waals surface area contributed by atoms with Gasteiger partial charge in [0.1, 0.15) is 5.82 Å². The molecular formula is C46H30N4. The molecule has 234 valence electrons. The van der Waals surface area contributed by atoms with Crippen molar-refractivity contribution in [1.82, 2.24) is 19.5 Å². The summed E-state index contributed by atoms with van der Waals surface area (Å²) in [6.07, 6.45) is 1.86. The molecule has 10 aromatic rings. The zero-order valence-corrected chi connectivity index (χ0v) is 27.1. The summed E-state index contributed by atoms with van der Waals surface area (Å²) in [5, 5.41) is 4.73. The van der Waals surface area contributed by atoms with Crippen LogP contribution in [0.4, 0.5) is 0 Å². The highest BCUT2D eigenvalue weighted by molar-refractivity contribution is 6.12. The highest BCUT2D eigenvalue weighted by Crippen LogP contribution is 2.41. The van der Waals surface area contributed by atoms with Crippen molar-refractivity contribution in [1.29, 1.82) is 0 Å². The first-order valence-corrected chi connectivity index (χ1v) is 16.9. The monoisotopic (exact) mass is 638 g/mol. The maximum Gasteiger partial charge on any atom is 0.147 e. The molecule has 0 aliphatic heterocycles. The van der Waals surface area contributed by atoms with Gasteiger partial charge in [-0.25, -0.2) is 4.98 Å². The van der Waals surface area contributed by atoms with Gasteiger partial charge in [-0.15, -0.1) is 0 Å². The Morgan fingerprint density at radius 1 is 0.480 bits per heavy atom. The van der Waals surface area contributed by atoms with Crippen molar-refractivity contribution in [2.75, 3.05) is 0 Å². The van der Waals surface area contributed by atoms with E-state index in [-0.39, 0.29) is 0 Å². The molecule has 0 bridgehead atoms. The number of hydrogen-bond donors (Lipinski definition) is 1. The first-order chi connectivity index (χ1) is 24.8. The van der Waals surface area contributed by atoms with E-state index in [9.17, 15) is 0 Å².